The molecule has 124 valence electrons. The average molecular weight is 343 g/mol. The summed E-state index contributed by atoms with van der Waals surface area (Å²) in [7, 11) is 0. The van der Waals surface area contributed by atoms with Crippen molar-refractivity contribution in [3.8, 4) is 0 Å². The third kappa shape index (κ3) is 3.59. The van der Waals surface area contributed by atoms with Gasteiger partial charge in [0.25, 0.3) is 0 Å². The van der Waals surface area contributed by atoms with E-state index in [2.05, 4.69) is 11.1 Å². The number of nitrogens with zero attached hydrogens (tertiary/aromatic N) is 1. The molecule has 0 saturated carbocycles. The van der Waals surface area contributed by atoms with Crippen LogP contribution in [0.25, 0.3) is 0 Å². The summed E-state index contributed by atoms with van der Waals surface area (Å²) in [6.45, 7) is 4.38. The van der Waals surface area contributed by atoms with E-state index in [1.165, 1.54) is 22.9 Å². The molecule has 1 aromatic heterocycles. The molecule has 5 nitrogen and oxygen atoms in total. The molecule has 24 heavy (non-hydrogen) atoms. The van der Waals surface area contributed by atoms with Gasteiger partial charge in [-0.2, -0.15) is 0 Å². The summed E-state index contributed by atoms with van der Waals surface area (Å²) in [6, 6.07) is 9.41. The van der Waals surface area contributed by atoms with Gasteiger partial charge in [-0.05, 0) is 49.2 Å². The second-order valence-electron chi connectivity index (χ2n) is 5.55. The second-order valence-corrected chi connectivity index (χ2v) is 6.62. The predicted octanol–water partition coefficient (Wildman–Crippen LogP) is 3.32. The van der Waals surface area contributed by atoms with Crippen LogP contribution in [0, 0.1) is 13.8 Å². The molecule has 1 atom stereocenters. The van der Waals surface area contributed by atoms with Crippen molar-refractivity contribution in [3.63, 3.8) is 0 Å². The lowest BCUT2D eigenvalue weighted by Gasteiger charge is -2.11. The molecule has 0 bridgehead atoms. The number of esters is 2. The quantitative estimate of drug-likeness (QED) is 0.794. The van der Waals surface area contributed by atoms with Crippen molar-refractivity contribution in [2.24, 2.45) is 0 Å². The maximum Gasteiger partial charge on any atom is 0.347 e. The van der Waals surface area contributed by atoms with Gasteiger partial charge in [0.05, 0.1) is 12.2 Å². The topological polar surface area (TPSA) is 65.5 Å². The first-order valence-electron chi connectivity index (χ1n) is 7.62. The number of cyclic esters (lactones) is 1. The van der Waals surface area contributed by atoms with Gasteiger partial charge in [0.2, 0.25) is 6.10 Å². The van der Waals surface area contributed by atoms with Crippen LogP contribution in [0.4, 0.5) is 0 Å². The van der Waals surface area contributed by atoms with Gasteiger partial charge in [0, 0.05) is 17.5 Å². The molecule has 3 rings (SSSR count). The molecule has 1 aliphatic heterocycles. The van der Waals surface area contributed by atoms with Crippen molar-refractivity contribution in [2.45, 2.75) is 36.3 Å². The standard InChI is InChI=1S/C18H17NO4S/c1-11-5-6-13(10-12(11)2)24-16-14(4-3-8-19-16)17(20)23-15-7-9-22-18(15)21/h3-6,8,10,15H,7,9H2,1-2H3/t15-/m1/s1. The van der Waals surface area contributed by atoms with E-state index in [0.29, 0.717) is 17.0 Å². The fourth-order valence-electron chi connectivity index (χ4n) is 2.29. The van der Waals surface area contributed by atoms with Crippen molar-refractivity contribution < 1.29 is 19.1 Å². The Morgan fingerprint density at radius 2 is 2.12 bits per heavy atom. The number of carbonyl (C=O) groups is 2. The van der Waals surface area contributed by atoms with Crippen molar-refractivity contribution in [1.29, 1.82) is 0 Å². The third-order valence-electron chi connectivity index (χ3n) is 3.82. The number of aromatic nitrogens is 1. The van der Waals surface area contributed by atoms with Gasteiger partial charge in [-0.1, -0.05) is 17.8 Å². The fourth-order valence-corrected chi connectivity index (χ4v) is 3.26. The number of hydrogen-bond donors (Lipinski definition) is 0. The zero-order valence-corrected chi connectivity index (χ0v) is 14.3. The second kappa shape index (κ2) is 7.05. The summed E-state index contributed by atoms with van der Waals surface area (Å²) in [5.74, 6) is -1.05. The van der Waals surface area contributed by atoms with E-state index >= 15 is 0 Å². The van der Waals surface area contributed by atoms with E-state index < -0.39 is 18.0 Å². The maximum absolute atomic E-state index is 12.4. The number of aryl methyl sites for hydroxylation is 2. The molecule has 2 aromatic rings. The zero-order chi connectivity index (χ0) is 17.1. The van der Waals surface area contributed by atoms with Crippen LogP contribution >= 0.6 is 11.8 Å². The summed E-state index contributed by atoms with van der Waals surface area (Å²) in [5.41, 5.74) is 2.73. The monoisotopic (exact) mass is 343 g/mol. The Morgan fingerprint density at radius 3 is 2.83 bits per heavy atom. The minimum absolute atomic E-state index is 0.286. The minimum Gasteiger partial charge on any atom is -0.463 e. The molecular weight excluding hydrogens is 326 g/mol. The van der Waals surface area contributed by atoms with Crippen LogP contribution in [0.2, 0.25) is 0 Å². The Bertz CT molecular complexity index is 790. The Hall–Kier alpha value is -2.34. The normalized spacial score (nSPS) is 16.8. The third-order valence-corrected chi connectivity index (χ3v) is 4.83. The molecule has 1 fully saturated rings. The van der Waals surface area contributed by atoms with Gasteiger partial charge in [0.1, 0.15) is 5.03 Å². The van der Waals surface area contributed by atoms with Crippen LogP contribution in [0.1, 0.15) is 27.9 Å². The van der Waals surface area contributed by atoms with Crippen molar-refractivity contribution in [3.05, 3.63) is 53.2 Å². The minimum atomic E-state index is -0.822. The largest absolute Gasteiger partial charge is 0.463 e. The first-order valence-corrected chi connectivity index (χ1v) is 8.44. The predicted molar refractivity (Wildman–Crippen MR) is 89.1 cm³/mol. The van der Waals surface area contributed by atoms with Gasteiger partial charge in [0.15, 0.2) is 0 Å². The number of carbonyl (C=O) groups excluding carboxylic acids is 2. The molecule has 0 aliphatic carbocycles. The van der Waals surface area contributed by atoms with Crippen LogP contribution in [-0.4, -0.2) is 29.6 Å². The molecule has 0 spiro atoms. The SMILES string of the molecule is Cc1ccc(Sc2ncccc2C(=O)O[C@@H]2CCOC2=O)cc1C. The highest BCUT2D eigenvalue weighted by Crippen LogP contribution is 2.30. The van der Waals surface area contributed by atoms with Crippen molar-refractivity contribution in [1.82, 2.24) is 4.98 Å². The highest BCUT2D eigenvalue weighted by molar-refractivity contribution is 7.99. The molecule has 0 amide bonds. The van der Waals surface area contributed by atoms with Gasteiger partial charge >= 0.3 is 11.9 Å². The molecule has 1 aromatic carbocycles. The highest BCUT2D eigenvalue weighted by atomic mass is 32.2. The molecule has 0 radical (unpaired) electrons. The fraction of sp³-hybridized carbons (Fsp3) is 0.278. The molecule has 0 unspecified atom stereocenters. The van der Waals surface area contributed by atoms with E-state index in [4.69, 9.17) is 9.47 Å². The Kier molecular flexibility index (Phi) is 4.85. The molecule has 0 N–H and O–H groups in total. The number of benzene rings is 1. The number of rotatable bonds is 4. The summed E-state index contributed by atoms with van der Waals surface area (Å²) in [4.78, 5) is 29.1. The van der Waals surface area contributed by atoms with Gasteiger partial charge in [-0.25, -0.2) is 14.6 Å². The lowest BCUT2D eigenvalue weighted by atomic mass is 10.1. The number of hydrogen-bond acceptors (Lipinski definition) is 6. The first kappa shape index (κ1) is 16.5. The summed E-state index contributed by atoms with van der Waals surface area (Å²) in [5, 5.41) is 0.553. The lowest BCUT2D eigenvalue weighted by molar-refractivity contribution is -0.145. The van der Waals surface area contributed by atoms with E-state index in [1.807, 2.05) is 26.0 Å². The number of ether oxygens (including phenoxy) is 2. The van der Waals surface area contributed by atoms with Gasteiger partial charge < -0.3 is 9.47 Å². The van der Waals surface area contributed by atoms with E-state index in [0.717, 1.165) is 4.90 Å². The molecule has 6 heteroatoms. The number of pyridine rings is 1. The molecule has 1 saturated heterocycles. The summed E-state index contributed by atoms with van der Waals surface area (Å²) in [6.07, 6.45) is 1.20. The van der Waals surface area contributed by atoms with Gasteiger partial charge in [-0.15, -0.1) is 0 Å². The first-order chi connectivity index (χ1) is 11.5. The lowest BCUT2D eigenvalue weighted by Crippen LogP contribution is -2.23. The Labute approximate surface area is 144 Å². The highest BCUT2D eigenvalue weighted by Gasteiger charge is 2.31. The van der Waals surface area contributed by atoms with E-state index in [-0.39, 0.29) is 6.61 Å². The smallest absolute Gasteiger partial charge is 0.347 e. The molecule has 2 heterocycles. The Balaban J connectivity index is 1.80. The summed E-state index contributed by atoms with van der Waals surface area (Å²) >= 11 is 1.40. The van der Waals surface area contributed by atoms with E-state index in [1.54, 1.807) is 18.3 Å². The van der Waals surface area contributed by atoms with Crippen LogP contribution in [-0.2, 0) is 14.3 Å². The average Bonchev–Trinajstić information content (AvgIpc) is 2.96. The van der Waals surface area contributed by atoms with Crippen molar-refractivity contribution >= 4 is 23.7 Å². The van der Waals surface area contributed by atoms with Crippen molar-refractivity contribution in [2.75, 3.05) is 6.61 Å². The van der Waals surface area contributed by atoms with Crippen LogP contribution in [0.3, 0.4) is 0 Å². The van der Waals surface area contributed by atoms with Crippen LogP contribution < -0.4 is 0 Å². The zero-order valence-electron chi connectivity index (χ0n) is 13.4. The van der Waals surface area contributed by atoms with Crippen LogP contribution in [0.5, 0.6) is 0 Å². The maximum atomic E-state index is 12.4. The summed E-state index contributed by atoms with van der Waals surface area (Å²) < 4.78 is 10.1. The van der Waals surface area contributed by atoms with Crippen LogP contribution in [0.15, 0.2) is 46.5 Å². The Morgan fingerprint density at radius 1 is 1.29 bits per heavy atom. The molecule has 1 aliphatic rings. The molecular formula is C18H17NO4S. The van der Waals surface area contributed by atoms with Gasteiger partial charge in [-0.3, -0.25) is 0 Å². The van der Waals surface area contributed by atoms with E-state index in [9.17, 15) is 9.59 Å².